The fraction of sp³-hybridized carbons (Fsp3) is 0.250. The molecule has 1 atom stereocenters. The highest BCUT2D eigenvalue weighted by molar-refractivity contribution is 5.91. The van der Waals surface area contributed by atoms with Gasteiger partial charge in [0.05, 0.1) is 12.7 Å². The molecule has 7 rings (SSSR count). The second-order valence-corrected chi connectivity index (χ2v) is 12.0. The van der Waals surface area contributed by atoms with Crippen molar-refractivity contribution in [3.8, 4) is 28.7 Å². The lowest BCUT2D eigenvalue weighted by atomic mass is 9.93. The van der Waals surface area contributed by atoms with Crippen LogP contribution in [0.5, 0.6) is 0 Å². The number of hydrogen-bond donors (Lipinski definition) is 4. The van der Waals surface area contributed by atoms with E-state index in [0.29, 0.717) is 18.3 Å². The van der Waals surface area contributed by atoms with E-state index in [0.717, 1.165) is 69.5 Å². The van der Waals surface area contributed by atoms with Crippen LogP contribution in [0.15, 0.2) is 71.5 Å². The molecule has 5 heterocycles. The van der Waals surface area contributed by atoms with Crippen molar-refractivity contribution in [1.29, 1.82) is 10.7 Å². The number of nitriles is 1. The lowest BCUT2D eigenvalue weighted by Gasteiger charge is -2.17. The highest BCUT2D eigenvalue weighted by Gasteiger charge is 2.21. The Hall–Kier alpha value is -5.41. The first-order valence-electron chi connectivity index (χ1n) is 15.5. The number of β-amino-alcohol motifs (C(OH)–C–C–N with tert-alkyl or cyclic N) is 1. The molecule has 0 aliphatic carbocycles. The molecule has 0 saturated carbocycles. The first kappa shape index (κ1) is 30.3. The van der Waals surface area contributed by atoms with E-state index in [1.807, 2.05) is 43.5 Å². The van der Waals surface area contributed by atoms with Crippen molar-refractivity contribution in [3.05, 3.63) is 94.9 Å². The van der Waals surface area contributed by atoms with Gasteiger partial charge in [-0.05, 0) is 72.4 Å². The summed E-state index contributed by atoms with van der Waals surface area (Å²) in [4.78, 5) is 16.3. The van der Waals surface area contributed by atoms with Gasteiger partial charge in [0, 0.05) is 61.4 Å². The van der Waals surface area contributed by atoms with Gasteiger partial charge in [0.1, 0.15) is 17.1 Å². The number of nitrogens with zero attached hydrogens (tertiary/aromatic N) is 6. The quantitative estimate of drug-likeness (QED) is 0.179. The monoisotopic (exact) mass is 626 g/mol. The Bertz CT molecular complexity index is 2250. The van der Waals surface area contributed by atoms with E-state index < -0.39 is 0 Å². The van der Waals surface area contributed by atoms with Crippen LogP contribution in [0.4, 0.5) is 11.5 Å². The van der Waals surface area contributed by atoms with E-state index in [-0.39, 0.29) is 41.4 Å². The van der Waals surface area contributed by atoms with Crippen LogP contribution < -0.4 is 10.8 Å². The molecule has 1 saturated heterocycles. The van der Waals surface area contributed by atoms with Crippen LogP contribution in [0, 0.1) is 30.6 Å². The minimum Gasteiger partial charge on any atom is -0.434 e. The van der Waals surface area contributed by atoms with Crippen molar-refractivity contribution in [3.63, 3.8) is 0 Å². The minimum atomic E-state index is -0.254. The van der Waals surface area contributed by atoms with Gasteiger partial charge in [-0.25, -0.2) is 9.97 Å². The molecule has 4 aromatic heterocycles. The molecule has 2 aromatic carbocycles. The number of likely N-dealkylation sites (tertiary alicyclic amines) is 1. The predicted octanol–water partition coefficient (Wildman–Crippen LogP) is 5.18. The Labute approximate surface area is 270 Å². The summed E-state index contributed by atoms with van der Waals surface area (Å²) < 4.78 is 7.61. The Kier molecular flexibility index (Phi) is 7.99. The molecular formula is C36H34N8O3. The molecule has 47 heavy (non-hydrogen) atoms. The van der Waals surface area contributed by atoms with Gasteiger partial charge < -0.3 is 24.5 Å². The minimum absolute atomic E-state index is 0.0747. The molecule has 1 aliphatic heterocycles. The summed E-state index contributed by atoms with van der Waals surface area (Å²) in [5, 5.41) is 42.1. The van der Waals surface area contributed by atoms with E-state index >= 15 is 0 Å². The van der Waals surface area contributed by atoms with Gasteiger partial charge in [-0.2, -0.15) is 5.26 Å². The number of benzene rings is 2. The lowest BCUT2D eigenvalue weighted by molar-refractivity contribution is 0.175. The standard InChI is InChI=1S/C36H34N8O3/c1-21-27(5-3-7-29(21)36-42-32-33(47-36)25(16-37)19-44(13-14-45)34(32)38)28-6-4-8-30(22(28)2)41-35-31-24(9-11-39-35)15-23(17-40-31)18-43-12-10-26(46)20-43/h3-9,11,15,17,19,26,38,45-46H,10,12-14,18,20H2,1-2H3,(H,39,41). The highest BCUT2D eigenvalue weighted by atomic mass is 16.3. The smallest absolute Gasteiger partial charge is 0.227 e. The molecule has 236 valence electrons. The Balaban J connectivity index is 1.22. The summed E-state index contributed by atoms with van der Waals surface area (Å²) >= 11 is 0. The van der Waals surface area contributed by atoms with E-state index in [1.54, 1.807) is 6.20 Å². The van der Waals surface area contributed by atoms with Crippen LogP contribution in [0.3, 0.4) is 0 Å². The van der Waals surface area contributed by atoms with Crippen LogP contribution in [0.2, 0.25) is 0 Å². The summed E-state index contributed by atoms with van der Waals surface area (Å²) in [5.41, 5.74) is 8.38. The number of aromatic nitrogens is 4. The second kappa shape index (κ2) is 12.4. The number of aliphatic hydroxyl groups excluding tert-OH is 2. The molecule has 6 aromatic rings. The summed E-state index contributed by atoms with van der Waals surface area (Å²) in [7, 11) is 0. The number of aliphatic hydroxyl groups is 2. The van der Waals surface area contributed by atoms with Crippen molar-refractivity contribution < 1.29 is 14.6 Å². The van der Waals surface area contributed by atoms with Gasteiger partial charge >= 0.3 is 0 Å². The topological polar surface area (TPSA) is 160 Å². The summed E-state index contributed by atoms with van der Waals surface area (Å²) in [5.74, 6) is 0.991. The van der Waals surface area contributed by atoms with Crippen LogP contribution in [0.25, 0.3) is 44.6 Å². The number of hydrogen-bond acceptors (Lipinski definition) is 10. The van der Waals surface area contributed by atoms with Crippen molar-refractivity contribution in [1.82, 2.24) is 24.4 Å². The van der Waals surface area contributed by atoms with Crippen molar-refractivity contribution >= 4 is 33.5 Å². The average Bonchev–Trinajstić information content (AvgIpc) is 3.70. The molecule has 4 N–H and O–H groups in total. The summed E-state index contributed by atoms with van der Waals surface area (Å²) in [6.07, 6.45) is 5.74. The summed E-state index contributed by atoms with van der Waals surface area (Å²) in [6, 6.07) is 18.3. The van der Waals surface area contributed by atoms with Crippen molar-refractivity contribution in [2.24, 2.45) is 0 Å². The molecular weight excluding hydrogens is 592 g/mol. The Morgan fingerprint density at radius 2 is 1.85 bits per heavy atom. The van der Waals surface area contributed by atoms with E-state index in [4.69, 9.17) is 14.8 Å². The molecule has 1 aliphatic rings. The molecule has 11 nitrogen and oxygen atoms in total. The largest absolute Gasteiger partial charge is 0.434 e. The zero-order chi connectivity index (χ0) is 32.7. The van der Waals surface area contributed by atoms with Gasteiger partial charge in [0.25, 0.3) is 0 Å². The number of pyridine rings is 3. The third-order valence-corrected chi connectivity index (χ3v) is 8.88. The Morgan fingerprint density at radius 1 is 1.06 bits per heavy atom. The fourth-order valence-electron chi connectivity index (χ4n) is 6.40. The van der Waals surface area contributed by atoms with Crippen LogP contribution >= 0.6 is 0 Å². The highest BCUT2D eigenvalue weighted by Crippen LogP contribution is 2.37. The first-order chi connectivity index (χ1) is 22.8. The molecule has 11 heteroatoms. The van der Waals surface area contributed by atoms with E-state index in [2.05, 4.69) is 51.4 Å². The van der Waals surface area contributed by atoms with Gasteiger partial charge in [0.2, 0.25) is 5.89 Å². The maximum Gasteiger partial charge on any atom is 0.227 e. The number of anilines is 2. The van der Waals surface area contributed by atoms with Gasteiger partial charge in [-0.1, -0.05) is 24.3 Å². The average molecular weight is 627 g/mol. The van der Waals surface area contributed by atoms with Gasteiger partial charge in [-0.15, -0.1) is 0 Å². The number of oxazole rings is 1. The van der Waals surface area contributed by atoms with Crippen LogP contribution in [-0.2, 0) is 13.1 Å². The number of rotatable bonds is 8. The normalized spacial score (nSPS) is 15.0. The zero-order valence-electron chi connectivity index (χ0n) is 26.2. The lowest BCUT2D eigenvalue weighted by Crippen LogP contribution is -2.22. The molecule has 0 spiro atoms. The maximum atomic E-state index is 9.90. The van der Waals surface area contributed by atoms with E-state index in [9.17, 15) is 15.5 Å². The first-order valence-corrected chi connectivity index (χ1v) is 15.5. The predicted molar refractivity (Wildman–Crippen MR) is 179 cm³/mol. The molecule has 1 fully saturated rings. The molecule has 0 bridgehead atoms. The van der Waals surface area contributed by atoms with Crippen LogP contribution in [-0.4, -0.2) is 60.4 Å². The molecule has 1 unspecified atom stereocenters. The molecule has 0 amide bonds. The second-order valence-electron chi connectivity index (χ2n) is 12.0. The van der Waals surface area contributed by atoms with Gasteiger partial charge in [0.15, 0.2) is 22.4 Å². The third-order valence-electron chi connectivity index (χ3n) is 8.88. The van der Waals surface area contributed by atoms with Gasteiger partial charge in [-0.3, -0.25) is 15.3 Å². The Morgan fingerprint density at radius 3 is 2.62 bits per heavy atom. The van der Waals surface area contributed by atoms with Crippen LogP contribution in [0.1, 0.15) is 28.7 Å². The SMILES string of the molecule is Cc1c(Nc2nccc3cc(CN4CCC(O)C4)cnc23)cccc1-c1cccc(-c2nc3c(=N)n(CCO)cc(C#N)c3o2)c1C. The zero-order valence-corrected chi connectivity index (χ0v) is 26.2. The third kappa shape index (κ3) is 5.63. The number of fused-ring (bicyclic) bond motifs is 2. The van der Waals surface area contributed by atoms with Crippen molar-refractivity contribution in [2.45, 2.75) is 39.5 Å². The van der Waals surface area contributed by atoms with Crippen molar-refractivity contribution in [2.75, 3.05) is 25.0 Å². The fourth-order valence-corrected chi connectivity index (χ4v) is 6.40. The molecule has 0 radical (unpaired) electrons. The number of nitrogens with one attached hydrogen (secondary N) is 2. The summed E-state index contributed by atoms with van der Waals surface area (Å²) in [6.45, 7) is 6.42. The van der Waals surface area contributed by atoms with E-state index in [1.165, 1.54) is 10.8 Å². The maximum absolute atomic E-state index is 9.90.